The fraction of sp³-hybridized carbons (Fsp3) is 0.250. The summed E-state index contributed by atoms with van der Waals surface area (Å²) >= 11 is 0. The van der Waals surface area contributed by atoms with E-state index in [1.165, 1.54) is 11.1 Å². The topological polar surface area (TPSA) is 0 Å². The average molecular weight is 209 g/mol. The van der Waals surface area contributed by atoms with Crippen molar-refractivity contribution in [3.8, 4) is 0 Å². The Hall–Kier alpha value is -1.56. The number of hydrogen-bond acceptors (Lipinski definition) is 0. The van der Waals surface area contributed by atoms with Gasteiger partial charge in [0.1, 0.15) is 0 Å². The maximum atomic E-state index is 3.06. The van der Waals surface area contributed by atoms with E-state index in [1.807, 2.05) is 12.1 Å². The van der Waals surface area contributed by atoms with Crippen LogP contribution in [-0.4, -0.2) is 0 Å². The highest BCUT2D eigenvalue weighted by Crippen LogP contribution is 2.27. The van der Waals surface area contributed by atoms with Crippen LogP contribution in [0.25, 0.3) is 0 Å². The second-order valence-electron chi connectivity index (χ2n) is 4.83. The monoisotopic (exact) mass is 209 g/mol. The molecule has 0 aliphatic carbocycles. The summed E-state index contributed by atoms with van der Waals surface area (Å²) < 4.78 is 0. The molecule has 0 N–H and O–H groups in total. The lowest BCUT2D eigenvalue weighted by molar-refractivity contribution is 0.522. The summed E-state index contributed by atoms with van der Waals surface area (Å²) in [5, 5.41) is 0. The van der Waals surface area contributed by atoms with E-state index < -0.39 is 0 Å². The fourth-order valence-corrected chi connectivity index (χ4v) is 2.04. The Bertz CT molecular complexity index is 426. The van der Waals surface area contributed by atoms with Gasteiger partial charge in [-0.05, 0) is 29.0 Å². The lowest BCUT2D eigenvalue weighted by Gasteiger charge is -2.25. The molecule has 0 aromatic heterocycles. The minimum Gasteiger partial charge on any atom is -0.0622 e. The van der Waals surface area contributed by atoms with Crippen molar-refractivity contribution in [3.05, 3.63) is 71.8 Å². The SMILES string of the molecule is CC(C)(Cc1cc[c]cc1)c1ccccc1. The molecule has 0 fully saturated rings. The van der Waals surface area contributed by atoms with E-state index in [4.69, 9.17) is 0 Å². The highest BCUT2D eigenvalue weighted by atomic mass is 14.2. The highest BCUT2D eigenvalue weighted by molar-refractivity contribution is 5.27. The van der Waals surface area contributed by atoms with Gasteiger partial charge in [-0.3, -0.25) is 0 Å². The Kier molecular flexibility index (Phi) is 3.09. The van der Waals surface area contributed by atoms with Crippen LogP contribution in [0.4, 0.5) is 0 Å². The largest absolute Gasteiger partial charge is 0.0622 e. The molecule has 0 saturated heterocycles. The molecule has 0 amide bonds. The molecule has 1 radical (unpaired) electrons. The van der Waals surface area contributed by atoms with Crippen molar-refractivity contribution in [1.82, 2.24) is 0 Å². The van der Waals surface area contributed by atoms with Crippen molar-refractivity contribution in [2.75, 3.05) is 0 Å². The van der Waals surface area contributed by atoms with E-state index in [-0.39, 0.29) is 5.41 Å². The molecule has 81 valence electrons. The van der Waals surface area contributed by atoms with Gasteiger partial charge in [-0.25, -0.2) is 0 Å². The van der Waals surface area contributed by atoms with Gasteiger partial charge in [0.15, 0.2) is 0 Å². The van der Waals surface area contributed by atoms with E-state index in [0.717, 1.165) is 6.42 Å². The van der Waals surface area contributed by atoms with Crippen molar-refractivity contribution in [2.45, 2.75) is 25.7 Å². The molecule has 0 nitrogen and oxygen atoms in total. The normalized spacial score (nSPS) is 11.4. The van der Waals surface area contributed by atoms with E-state index in [1.54, 1.807) is 0 Å². The first-order valence-corrected chi connectivity index (χ1v) is 5.69. The van der Waals surface area contributed by atoms with Crippen LogP contribution >= 0.6 is 0 Å². The lowest BCUT2D eigenvalue weighted by Crippen LogP contribution is -2.20. The van der Waals surface area contributed by atoms with Gasteiger partial charge in [0.25, 0.3) is 0 Å². The summed E-state index contributed by atoms with van der Waals surface area (Å²) in [5.74, 6) is 0. The van der Waals surface area contributed by atoms with Crippen molar-refractivity contribution in [2.24, 2.45) is 0 Å². The summed E-state index contributed by atoms with van der Waals surface area (Å²) in [6.45, 7) is 4.58. The molecule has 0 unspecified atom stereocenters. The second-order valence-corrected chi connectivity index (χ2v) is 4.83. The van der Waals surface area contributed by atoms with Crippen molar-refractivity contribution in [1.29, 1.82) is 0 Å². The van der Waals surface area contributed by atoms with Crippen LogP contribution in [0.2, 0.25) is 0 Å². The van der Waals surface area contributed by atoms with Gasteiger partial charge in [-0.1, -0.05) is 68.4 Å². The van der Waals surface area contributed by atoms with E-state index >= 15 is 0 Å². The minimum absolute atomic E-state index is 0.183. The smallest absolute Gasteiger partial charge is 0.00632 e. The van der Waals surface area contributed by atoms with Crippen LogP contribution in [0.1, 0.15) is 25.0 Å². The Morgan fingerprint density at radius 1 is 0.938 bits per heavy atom. The Morgan fingerprint density at radius 3 is 2.19 bits per heavy atom. The fourth-order valence-electron chi connectivity index (χ4n) is 2.04. The van der Waals surface area contributed by atoms with Crippen LogP contribution in [0, 0.1) is 6.07 Å². The van der Waals surface area contributed by atoms with E-state index in [2.05, 4.69) is 62.4 Å². The molecule has 0 heteroatoms. The zero-order valence-corrected chi connectivity index (χ0v) is 9.90. The van der Waals surface area contributed by atoms with Gasteiger partial charge in [-0.2, -0.15) is 0 Å². The van der Waals surface area contributed by atoms with Crippen molar-refractivity contribution >= 4 is 0 Å². The zero-order valence-electron chi connectivity index (χ0n) is 9.90. The molecule has 0 saturated carbocycles. The van der Waals surface area contributed by atoms with E-state index in [0.29, 0.717) is 0 Å². The molecule has 2 rings (SSSR count). The Morgan fingerprint density at radius 2 is 1.56 bits per heavy atom. The van der Waals surface area contributed by atoms with Gasteiger partial charge in [0.2, 0.25) is 0 Å². The van der Waals surface area contributed by atoms with Crippen LogP contribution < -0.4 is 0 Å². The lowest BCUT2D eigenvalue weighted by atomic mass is 9.79. The number of rotatable bonds is 3. The third-order valence-corrected chi connectivity index (χ3v) is 2.99. The zero-order chi connectivity index (χ0) is 11.4. The maximum absolute atomic E-state index is 3.06. The first kappa shape index (κ1) is 10.9. The van der Waals surface area contributed by atoms with Crippen LogP contribution in [0.15, 0.2) is 54.6 Å². The predicted molar refractivity (Wildman–Crippen MR) is 68.5 cm³/mol. The maximum Gasteiger partial charge on any atom is -0.00632 e. The Balaban J connectivity index is 2.21. The quantitative estimate of drug-likeness (QED) is 0.716. The molecular weight excluding hydrogens is 192 g/mol. The Labute approximate surface area is 97.9 Å². The van der Waals surface area contributed by atoms with Gasteiger partial charge >= 0.3 is 0 Å². The van der Waals surface area contributed by atoms with Crippen molar-refractivity contribution in [3.63, 3.8) is 0 Å². The second kappa shape index (κ2) is 4.52. The molecule has 16 heavy (non-hydrogen) atoms. The van der Waals surface area contributed by atoms with Gasteiger partial charge in [0, 0.05) is 0 Å². The van der Waals surface area contributed by atoms with E-state index in [9.17, 15) is 0 Å². The third kappa shape index (κ3) is 2.52. The molecule has 0 bridgehead atoms. The standard InChI is InChI=1S/C16H17/c1-16(2,15-11-7-4-8-12-15)13-14-9-5-3-6-10-14/h4-12H,13H2,1-2H3. The summed E-state index contributed by atoms with van der Waals surface area (Å²) in [4.78, 5) is 0. The number of hydrogen-bond donors (Lipinski definition) is 0. The molecule has 2 aromatic carbocycles. The predicted octanol–water partition coefficient (Wildman–Crippen LogP) is 4.01. The number of benzene rings is 2. The van der Waals surface area contributed by atoms with Gasteiger partial charge < -0.3 is 0 Å². The van der Waals surface area contributed by atoms with Crippen LogP contribution in [0.3, 0.4) is 0 Å². The van der Waals surface area contributed by atoms with Gasteiger partial charge in [-0.15, -0.1) is 0 Å². The summed E-state index contributed by atoms with van der Waals surface area (Å²) in [7, 11) is 0. The molecule has 0 aliphatic rings. The van der Waals surface area contributed by atoms with Crippen molar-refractivity contribution < 1.29 is 0 Å². The summed E-state index contributed by atoms with van der Waals surface area (Å²) in [6.07, 6.45) is 1.06. The molecule has 0 heterocycles. The first-order valence-electron chi connectivity index (χ1n) is 5.69. The summed E-state index contributed by atoms with van der Waals surface area (Å²) in [5.41, 5.74) is 2.94. The molecular formula is C16H17. The first-order chi connectivity index (χ1) is 7.68. The average Bonchev–Trinajstić information content (AvgIpc) is 2.31. The molecule has 0 spiro atoms. The molecule has 2 aromatic rings. The third-order valence-electron chi connectivity index (χ3n) is 2.99. The minimum atomic E-state index is 0.183. The van der Waals surface area contributed by atoms with Gasteiger partial charge in [0.05, 0.1) is 0 Å². The summed E-state index contributed by atoms with van der Waals surface area (Å²) in [6, 6.07) is 22.0. The van der Waals surface area contributed by atoms with Crippen LogP contribution in [0.5, 0.6) is 0 Å². The molecule has 0 aliphatic heterocycles. The van der Waals surface area contributed by atoms with Crippen LogP contribution in [-0.2, 0) is 11.8 Å². The molecule has 0 atom stereocenters. The highest BCUT2D eigenvalue weighted by Gasteiger charge is 2.20.